The van der Waals surface area contributed by atoms with Crippen LogP contribution in [0.25, 0.3) is 0 Å². The number of unbranched alkanes of at least 4 members (excludes halogenated alkanes) is 3. The molecule has 3 N–H and O–H groups in total. The Morgan fingerprint density at radius 1 is 1.03 bits per heavy atom. The summed E-state index contributed by atoms with van der Waals surface area (Å²) >= 11 is 1.63. The Kier molecular flexibility index (Phi) is 9.66. The van der Waals surface area contributed by atoms with Gasteiger partial charge in [-0.15, -0.1) is 4.89 Å². The molecule has 1 aliphatic rings. The van der Waals surface area contributed by atoms with Crippen molar-refractivity contribution in [2.75, 3.05) is 29.5 Å². The van der Waals surface area contributed by atoms with Gasteiger partial charge in [0.1, 0.15) is 11.4 Å². The molecule has 0 spiro atoms. The fourth-order valence-corrected chi connectivity index (χ4v) is 4.30. The molecule has 1 fully saturated rings. The minimum absolute atomic E-state index is 0.337. The molecule has 1 aromatic carbocycles. The Bertz CT molecular complexity index is 818. The standard InChI is InChI=1S/C22H32N4O3S/c27-21-19(20(22(21)28)25-18-11-8-12-23-15-18)24-13-6-1-2-7-14-30-26-29-16-17-9-4-3-5-10-17/h8,11-12,15,17,24-26H,1-7,9-10,13-14,16H2. The molecule has 2 aromatic rings. The van der Waals surface area contributed by atoms with Crippen molar-refractivity contribution in [1.29, 1.82) is 0 Å². The van der Waals surface area contributed by atoms with Gasteiger partial charge in [-0.2, -0.15) is 0 Å². The second-order valence-corrected chi connectivity index (χ2v) is 8.73. The van der Waals surface area contributed by atoms with Crippen molar-refractivity contribution in [3.8, 4) is 0 Å². The van der Waals surface area contributed by atoms with Gasteiger partial charge in [-0.3, -0.25) is 19.4 Å². The largest absolute Gasteiger partial charge is 0.380 e. The monoisotopic (exact) mass is 432 g/mol. The Balaban J connectivity index is 1.20. The lowest BCUT2D eigenvalue weighted by Gasteiger charge is -2.20. The molecule has 0 amide bonds. The van der Waals surface area contributed by atoms with Gasteiger partial charge in [-0.05, 0) is 43.7 Å². The van der Waals surface area contributed by atoms with E-state index in [-0.39, 0.29) is 0 Å². The van der Waals surface area contributed by atoms with Crippen molar-refractivity contribution < 1.29 is 4.84 Å². The summed E-state index contributed by atoms with van der Waals surface area (Å²) in [7, 11) is 0. The van der Waals surface area contributed by atoms with Gasteiger partial charge in [0.05, 0.1) is 18.5 Å². The van der Waals surface area contributed by atoms with Crippen LogP contribution in [0.3, 0.4) is 0 Å². The summed E-state index contributed by atoms with van der Waals surface area (Å²) in [6.07, 6.45) is 14.3. The maximum atomic E-state index is 11.8. The molecule has 3 rings (SSSR count). The van der Waals surface area contributed by atoms with Crippen LogP contribution >= 0.6 is 11.9 Å². The lowest BCUT2D eigenvalue weighted by atomic mass is 9.90. The molecule has 1 saturated carbocycles. The molecule has 1 aromatic heterocycles. The number of anilines is 3. The third-order valence-corrected chi connectivity index (χ3v) is 6.21. The summed E-state index contributed by atoms with van der Waals surface area (Å²) in [5, 5.41) is 6.09. The predicted molar refractivity (Wildman–Crippen MR) is 124 cm³/mol. The number of hydrogen-bond acceptors (Lipinski definition) is 8. The first-order chi connectivity index (χ1) is 14.8. The lowest BCUT2D eigenvalue weighted by molar-refractivity contribution is 0.0577. The molecule has 30 heavy (non-hydrogen) atoms. The van der Waals surface area contributed by atoms with Crippen molar-refractivity contribution in [3.63, 3.8) is 0 Å². The summed E-state index contributed by atoms with van der Waals surface area (Å²) in [6.45, 7) is 1.51. The average Bonchev–Trinajstić information content (AvgIpc) is 2.80. The highest BCUT2D eigenvalue weighted by atomic mass is 32.2. The van der Waals surface area contributed by atoms with Crippen LogP contribution in [0.15, 0.2) is 34.1 Å². The van der Waals surface area contributed by atoms with Crippen LogP contribution in [0.2, 0.25) is 0 Å². The first-order valence-corrected chi connectivity index (χ1v) is 12.0. The fourth-order valence-electron chi connectivity index (χ4n) is 3.72. The smallest absolute Gasteiger partial charge is 0.253 e. The van der Waals surface area contributed by atoms with Gasteiger partial charge in [0.15, 0.2) is 0 Å². The normalized spacial score (nSPS) is 14.8. The number of nitrogens with zero attached hydrogens (tertiary/aromatic N) is 1. The second kappa shape index (κ2) is 12.7. The summed E-state index contributed by atoms with van der Waals surface area (Å²) in [6, 6.07) is 3.58. The molecule has 0 atom stereocenters. The molecule has 0 saturated heterocycles. The van der Waals surface area contributed by atoms with Gasteiger partial charge in [-0.1, -0.05) is 44.1 Å². The highest BCUT2D eigenvalue weighted by Crippen LogP contribution is 2.23. The van der Waals surface area contributed by atoms with Crippen molar-refractivity contribution in [2.45, 2.75) is 57.8 Å². The van der Waals surface area contributed by atoms with Gasteiger partial charge >= 0.3 is 0 Å². The van der Waals surface area contributed by atoms with Gasteiger partial charge < -0.3 is 10.6 Å². The lowest BCUT2D eigenvalue weighted by Crippen LogP contribution is -2.36. The van der Waals surface area contributed by atoms with Crippen LogP contribution in [-0.2, 0) is 4.84 Å². The molecule has 164 valence electrons. The van der Waals surface area contributed by atoms with Crippen LogP contribution in [0.5, 0.6) is 0 Å². The molecule has 7 nitrogen and oxygen atoms in total. The van der Waals surface area contributed by atoms with E-state index in [4.69, 9.17) is 4.84 Å². The minimum Gasteiger partial charge on any atom is -0.380 e. The van der Waals surface area contributed by atoms with Gasteiger partial charge in [0, 0.05) is 18.5 Å². The molecular formula is C22H32N4O3S. The molecule has 8 heteroatoms. The zero-order chi connectivity index (χ0) is 21.0. The molecule has 0 unspecified atom stereocenters. The van der Waals surface area contributed by atoms with Crippen molar-refractivity contribution in [3.05, 3.63) is 45.0 Å². The highest BCUT2D eigenvalue weighted by molar-refractivity contribution is 7.97. The first kappa shape index (κ1) is 22.8. The zero-order valence-electron chi connectivity index (χ0n) is 17.5. The zero-order valence-corrected chi connectivity index (χ0v) is 18.3. The maximum absolute atomic E-state index is 11.8. The topological polar surface area (TPSA) is 92.3 Å². The third kappa shape index (κ3) is 7.11. The van der Waals surface area contributed by atoms with Gasteiger partial charge in [0.25, 0.3) is 10.9 Å². The quantitative estimate of drug-likeness (QED) is 0.177. The molecular weight excluding hydrogens is 400 g/mol. The Labute approximate surface area is 182 Å². The van der Waals surface area contributed by atoms with E-state index < -0.39 is 10.9 Å². The maximum Gasteiger partial charge on any atom is 0.253 e. The highest BCUT2D eigenvalue weighted by Gasteiger charge is 2.20. The predicted octanol–water partition coefficient (Wildman–Crippen LogP) is 4.14. The number of pyridine rings is 1. The van der Waals surface area contributed by atoms with E-state index in [0.29, 0.717) is 23.6 Å². The molecule has 0 radical (unpaired) electrons. The second-order valence-electron chi connectivity index (χ2n) is 7.86. The van der Waals surface area contributed by atoms with E-state index in [2.05, 4.69) is 20.5 Å². The Morgan fingerprint density at radius 3 is 2.63 bits per heavy atom. The van der Waals surface area contributed by atoms with E-state index in [1.165, 1.54) is 32.1 Å². The number of hydrogen-bond donors (Lipinski definition) is 3. The first-order valence-electron chi connectivity index (χ1n) is 11.0. The molecule has 1 aliphatic carbocycles. The van der Waals surface area contributed by atoms with Crippen molar-refractivity contribution >= 4 is 29.0 Å². The fraction of sp³-hybridized carbons (Fsp3) is 0.591. The van der Waals surface area contributed by atoms with Gasteiger partial charge in [-0.25, -0.2) is 0 Å². The number of nitrogens with one attached hydrogen (secondary N) is 3. The summed E-state index contributed by atoms with van der Waals surface area (Å²) in [4.78, 5) is 36.2. The van der Waals surface area contributed by atoms with Crippen LogP contribution < -0.4 is 26.4 Å². The van der Waals surface area contributed by atoms with E-state index in [1.807, 2.05) is 6.07 Å². The number of aromatic nitrogens is 1. The SMILES string of the molecule is O=c1c(NCCCCCCSNOCC2CCCCC2)c(Nc2cccnc2)c1=O. The van der Waals surface area contributed by atoms with Crippen molar-refractivity contribution in [2.24, 2.45) is 5.92 Å². The van der Waals surface area contributed by atoms with Crippen LogP contribution in [-0.4, -0.2) is 23.9 Å². The van der Waals surface area contributed by atoms with Crippen LogP contribution in [0.4, 0.5) is 17.1 Å². The number of rotatable bonds is 14. The Hall–Kier alpha value is -1.90. The van der Waals surface area contributed by atoms with E-state index in [9.17, 15) is 9.59 Å². The minimum atomic E-state index is -0.475. The molecule has 1 heterocycles. The van der Waals surface area contributed by atoms with Crippen LogP contribution in [0.1, 0.15) is 57.8 Å². The van der Waals surface area contributed by atoms with Crippen molar-refractivity contribution in [1.82, 2.24) is 9.87 Å². The molecule has 0 aliphatic heterocycles. The van der Waals surface area contributed by atoms with E-state index >= 15 is 0 Å². The molecule has 0 bridgehead atoms. The van der Waals surface area contributed by atoms with E-state index in [0.717, 1.165) is 44.0 Å². The third-order valence-electron chi connectivity index (χ3n) is 5.48. The van der Waals surface area contributed by atoms with Crippen LogP contribution in [0, 0.1) is 5.92 Å². The summed E-state index contributed by atoms with van der Waals surface area (Å²) in [5.74, 6) is 1.75. The van der Waals surface area contributed by atoms with Gasteiger partial charge in [0.2, 0.25) is 0 Å². The van der Waals surface area contributed by atoms with E-state index in [1.54, 1.807) is 30.4 Å². The summed E-state index contributed by atoms with van der Waals surface area (Å²) < 4.78 is 0. The Morgan fingerprint density at radius 2 is 1.83 bits per heavy atom. The average molecular weight is 433 g/mol. The summed E-state index contributed by atoms with van der Waals surface area (Å²) in [5.41, 5.74) is 0.498.